The molecule has 104 valence electrons. The van der Waals surface area contributed by atoms with E-state index in [1.165, 1.54) is 6.20 Å². The first-order valence-corrected chi connectivity index (χ1v) is 6.68. The lowest BCUT2D eigenvalue weighted by Crippen LogP contribution is -2.38. The van der Waals surface area contributed by atoms with E-state index >= 15 is 0 Å². The van der Waals surface area contributed by atoms with Gasteiger partial charge in [0.1, 0.15) is 5.82 Å². The maximum atomic E-state index is 10.9. The molecular weight excluding hydrogens is 244 g/mol. The average molecular weight is 264 g/mol. The molecule has 1 aliphatic rings. The minimum Gasteiger partial charge on any atom is -0.478 e. The summed E-state index contributed by atoms with van der Waals surface area (Å²) in [6.45, 7) is 6.50. The number of hydrogen-bond acceptors (Lipinski definition) is 4. The Morgan fingerprint density at radius 1 is 1.53 bits per heavy atom. The van der Waals surface area contributed by atoms with E-state index < -0.39 is 5.97 Å². The number of nitrogens with zero attached hydrogens (tertiary/aromatic N) is 2. The van der Waals surface area contributed by atoms with Gasteiger partial charge in [0, 0.05) is 25.9 Å². The molecule has 1 aromatic rings. The van der Waals surface area contributed by atoms with Gasteiger partial charge in [-0.05, 0) is 38.3 Å². The van der Waals surface area contributed by atoms with E-state index in [2.05, 4.69) is 9.88 Å². The number of aryl methyl sites for hydroxylation is 1. The van der Waals surface area contributed by atoms with E-state index in [0.717, 1.165) is 43.9 Å². The van der Waals surface area contributed by atoms with Crippen LogP contribution in [0.15, 0.2) is 12.3 Å². The Bertz CT molecular complexity index is 454. The van der Waals surface area contributed by atoms with Crippen molar-refractivity contribution in [3.8, 4) is 0 Å². The predicted molar refractivity (Wildman–Crippen MR) is 72.8 cm³/mol. The van der Waals surface area contributed by atoms with Gasteiger partial charge in [-0.1, -0.05) is 0 Å². The van der Waals surface area contributed by atoms with Gasteiger partial charge in [-0.2, -0.15) is 0 Å². The van der Waals surface area contributed by atoms with Crippen LogP contribution in [0.2, 0.25) is 0 Å². The standard InChI is InChI=1S/C14H20N2O3/c1-3-19-12-4-6-16(7-5-12)13-10(2)8-11(9-15-13)14(17)18/h8-9,12H,3-7H2,1-2H3,(H,17,18). The minimum atomic E-state index is -0.933. The van der Waals surface area contributed by atoms with E-state index in [0.29, 0.717) is 6.10 Å². The lowest BCUT2D eigenvalue weighted by Gasteiger charge is -2.33. The Labute approximate surface area is 113 Å². The van der Waals surface area contributed by atoms with Crippen LogP contribution in [0.1, 0.15) is 35.7 Å². The third kappa shape index (κ3) is 3.23. The molecule has 0 aliphatic carbocycles. The Balaban J connectivity index is 2.05. The molecule has 1 aliphatic heterocycles. The molecule has 0 spiro atoms. The van der Waals surface area contributed by atoms with Crippen LogP contribution in [0.3, 0.4) is 0 Å². The number of hydrogen-bond donors (Lipinski definition) is 1. The maximum absolute atomic E-state index is 10.9. The van der Waals surface area contributed by atoms with Gasteiger partial charge in [-0.15, -0.1) is 0 Å². The third-order valence-corrected chi connectivity index (χ3v) is 3.44. The van der Waals surface area contributed by atoms with Crippen LogP contribution in [0.5, 0.6) is 0 Å². The second-order valence-electron chi connectivity index (χ2n) is 4.81. The number of ether oxygens (including phenoxy) is 1. The van der Waals surface area contributed by atoms with Crippen molar-refractivity contribution in [3.05, 3.63) is 23.4 Å². The molecule has 1 aromatic heterocycles. The zero-order valence-electron chi connectivity index (χ0n) is 11.4. The molecule has 2 rings (SSSR count). The van der Waals surface area contributed by atoms with Gasteiger partial charge in [0.25, 0.3) is 0 Å². The van der Waals surface area contributed by atoms with Crippen molar-refractivity contribution in [2.45, 2.75) is 32.8 Å². The first-order valence-electron chi connectivity index (χ1n) is 6.68. The van der Waals surface area contributed by atoms with Crippen LogP contribution >= 0.6 is 0 Å². The van der Waals surface area contributed by atoms with Gasteiger partial charge in [-0.3, -0.25) is 0 Å². The fourth-order valence-electron chi connectivity index (χ4n) is 2.49. The second-order valence-corrected chi connectivity index (χ2v) is 4.81. The van der Waals surface area contributed by atoms with Crippen molar-refractivity contribution in [2.24, 2.45) is 0 Å². The third-order valence-electron chi connectivity index (χ3n) is 3.44. The molecule has 0 amide bonds. The zero-order chi connectivity index (χ0) is 13.8. The molecule has 2 heterocycles. The number of pyridine rings is 1. The number of carboxylic acids is 1. The molecule has 1 fully saturated rings. The molecule has 19 heavy (non-hydrogen) atoms. The molecule has 0 saturated carbocycles. The highest BCUT2D eigenvalue weighted by atomic mass is 16.5. The van der Waals surface area contributed by atoms with Crippen LogP contribution in [0.4, 0.5) is 5.82 Å². The number of carboxylic acid groups (broad SMARTS) is 1. The number of carbonyl (C=O) groups is 1. The van der Waals surface area contributed by atoms with Crippen LogP contribution in [-0.2, 0) is 4.74 Å². The molecule has 1 N–H and O–H groups in total. The summed E-state index contributed by atoms with van der Waals surface area (Å²) in [5, 5.41) is 8.93. The van der Waals surface area contributed by atoms with Crippen LogP contribution < -0.4 is 4.90 Å². The second kappa shape index (κ2) is 6.02. The van der Waals surface area contributed by atoms with E-state index in [9.17, 15) is 4.79 Å². The normalized spacial score (nSPS) is 16.6. The lowest BCUT2D eigenvalue weighted by molar-refractivity contribution is 0.0458. The van der Waals surface area contributed by atoms with Gasteiger partial charge in [0.15, 0.2) is 0 Å². The predicted octanol–water partition coefficient (Wildman–Crippen LogP) is 2.09. The number of rotatable bonds is 4. The van der Waals surface area contributed by atoms with E-state index in [-0.39, 0.29) is 5.56 Å². The van der Waals surface area contributed by atoms with Crippen molar-refractivity contribution in [3.63, 3.8) is 0 Å². The van der Waals surface area contributed by atoms with Crippen LogP contribution in [0, 0.1) is 6.92 Å². The van der Waals surface area contributed by atoms with E-state index in [4.69, 9.17) is 9.84 Å². The van der Waals surface area contributed by atoms with Crippen molar-refractivity contribution in [1.82, 2.24) is 4.98 Å². The lowest BCUT2D eigenvalue weighted by atomic mass is 10.1. The van der Waals surface area contributed by atoms with Crippen molar-refractivity contribution in [2.75, 3.05) is 24.6 Å². The van der Waals surface area contributed by atoms with Crippen LogP contribution in [0.25, 0.3) is 0 Å². The van der Waals surface area contributed by atoms with Crippen LogP contribution in [-0.4, -0.2) is 41.9 Å². The largest absolute Gasteiger partial charge is 0.478 e. The minimum absolute atomic E-state index is 0.241. The molecular formula is C14H20N2O3. The highest BCUT2D eigenvalue weighted by Gasteiger charge is 2.21. The summed E-state index contributed by atoms with van der Waals surface area (Å²) in [6, 6.07) is 1.68. The number of piperidine rings is 1. The molecule has 0 unspecified atom stereocenters. The molecule has 5 heteroatoms. The molecule has 0 bridgehead atoms. The van der Waals surface area contributed by atoms with E-state index in [1.54, 1.807) is 6.07 Å². The monoisotopic (exact) mass is 264 g/mol. The summed E-state index contributed by atoms with van der Waals surface area (Å²) in [4.78, 5) is 17.4. The summed E-state index contributed by atoms with van der Waals surface area (Å²) >= 11 is 0. The Hall–Kier alpha value is -1.62. The summed E-state index contributed by atoms with van der Waals surface area (Å²) in [5.41, 5.74) is 1.15. The first kappa shape index (κ1) is 13.8. The van der Waals surface area contributed by atoms with Gasteiger partial charge >= 0.3 is 5.97 Å². The fraction of sp³-hybridized carbons (Fsp3) is 0.571. The van der Waals surface area contributed by atoms with Crippen molar-refractivity contribution in [1.29, 1.82) is 0 Å². The van der Waals surface area contributed by atoms with Crippen molar-refractivity contribution >= 4 is 11.8 Å². The smallest absolute Gasteiger partial charge is 0.337 e. The van der Waals surface area contributed by atoms with Gasteiger partial charge in [0.05, 0.1) is 11.7 Å². The molecule has 0 radical (unpaired) electrons. The quantitative estimate of drug-likeness (QED) is 0.902. The highest BCUT2D eigenvalue weighted by molar-refractivity contribution is 5.87. The highest BCUT2D eigenvalue weighted by Crippen LogP contribution is 2.23. The summed E-state index contributed by atoms with van der Waals surface area (Å²) in [6.07, 6.45) is 3.77. The summed E-state index contributed by atoms with van der Waals surface area (Å²) < 4.78 is 5.62. The van der Waals surface area contributed by atoms with Gasteiger partial charge in [0.2, 0.25) is 0 Å². The summed E-state index contributed by atoms with van der Waals surface area (Å²) in [7, 11) is 0. The Morgan fingerprint density at radius 2 is 2.21 bits per heavy atom. The number of aromatic carboxylic acids is 1. The molecule has 1 saturated heterocycles. The maximum Gasteiger partial charge on any atom is 0.337 e. The number of aromatic nitrogens is 1. The van der Waals surface area contributed by atoms with Crippen molar-refractivity contribution < 1.29 is 14.6 Å². The van der Waals surface area contributed by atoms with Gasteiger partial charge in [-0.25, -0.2) is 9.78 Å². The number of anilines is 1. The molecule has 0 aromatic carbocycles. The Morgan fingerprint density at radius 3 is 2.74 bits per heavy atom. The fourth-order valence-corrected chi connectivity index (χ4v) is 2.49. The average Bonchev–Trinajstić information content (AvgIpc) is 2.40. The zero-order valence-corrected chi connectivity index (χ0v) is 11.4. The molecule has 5 nitrogen and oxygen atoms in total. The van der Waals surface area contributed by atoms with Gasteiger partial charge < -0.3 is 14.7 Å². The molecule has 0 atom stereocenters. The van der Waals surface area contributed by atoms with E-state index in [1.807, 2.05) is 13.8 Å². The first-order chi connectivity index (χ1) is 9.11. The SMILES string of the molecule is CCOC1CCN(c2ncc(C(=O)O)cc2C)CC1. The summed E-state index contributed by atoms with van der Waals surface area (Å²) in [5.74, 6) is -0.0443. The topological polar surface area (TPSA) is 62.7 Å². The Kier molecular flexibility index (Phi) is 4.37.